The maximum absolute atomic E-state index is 13.8. The average Bonchev–Trinajstić information content (AvgIpc) is 2.27. The SMILES string of the molecule is COC(=O)C(C)(N)C(C)(C)c1ccccc1F. The van der Waals surface area contributed by atoms with E-state index in [1.54, 1.807) is 39.0 Å². The minimum Gasteiger partial charge on any atom is -0.468 e. The highest BCUT2D eigenvalue weighted by Crippen LogP contribution is 2.35. The van der Waals surface area contributed by atoms with Gasteiger partial charge < -0.3 is 10.5 Å². The summed E-state index contributed by atoms with van der Waals surface area (Å²) >= 11 is 0. The molecule has 0 spiro atoms. The summed E-state index contributed by atoms with van der Waals surface area (Å²) in [6.45, 7) is 5.00. The van der Waals surface area contributed by atoms with Crippen molar-refractivity contribution in [2.45, 2.75) is 31.7 Å². The van der Waals surface area contributed by atoms with Crippen molar-refractivity contribution in [2.24, 2.45) is 5.73 Å². The fraction of sp³-hybridized carbons (Fsp3) is 0.462. The number of benzene rings is 1. The number of halogens is 1. The van der Waals surface area contributed by atoms with E-state index in [0.717, 1.165) is 0 Å². The Balaban J connectivity index is 3.28. The first-order valence-electron chi connectivity index (χ1n) is 5.37. The number of hydrogen-bond acceptors (Lipinski definition) is 3. The number of rotatable bonds is 3. The summed E-state index contributed by atoms with van der Waals surface area (Å²) in [6.07, 6.45) is 0. The zero-order chi connectivity index (χ0) is 13.3. The Bertz CT molecular complexity index is 427. The van der Waals surface area contributed by atoms with Crippen molar-refractivity contribution < 1.29 is 13.9 Å². The lowest BCUT2D eigenvalue weighted by Gasteiger charge is -2.39. The van der Waals surface area contributed by atoms with Gasteiger partial charge in [-0.15, -0.1) is 0 Å². The van der Waals surface area contributed by atoms with Gasteiger partial charge in [0.2, 0.25) is 0 Å². The Morgan fingerprint density at radius 2 is 1.82 bits per heavy atom. The number of ether oxygens (including phenoxy) is 1. The molecule has 0 fully saturated rings. The van der Waals surface area contributed by atoms with Gasteiger partial charge in [-0.3, -0.25) is 4.79 Å². The Labute approximate surface area is 101 Å². The van der Waals surface area contributed by atoms with Crippen LogP contribution in [0.15, 0.2) is 24.3 Å². The second-order valence-electron chi connectivity index (χ2n) is 4.80. The molecule has 0 radical (unpaired) electrons. The molecule has 94 valence electrons. The molecule has 0 saturated heterocycles. The van der Waals surface area contributed by atoms with Crippen LogP contribution in [0.25, 0.3) is 0 Å². The number of carbonyl (C=O) groups is 1. The van der Waals surface area contributed by atoms with Gasteiger partial charge in [0, 0.05) is 5.41 Å². The molecule has 1 atom stereocenters. The lowest BCUT2D eigenvalue weighted by molar-refractivity contribution is -0.148. The quantitative estimate of drug-likeness (QED) is 0.821. The summed E-state index contributed by atoms with van der Waals surface area (Å²) in [5, 5.41) is 0. The fourth-order valence-corrected chi connectivity index (χ4v) is 1.72. The predicted octanol–water partition coefficient (Wildman–Crippen LogP) is 1.99. The third kappa shape index (κ3) is 2.17. The van der Waals surface area contributed by atoms with Gasteiger partial charge in [-0.1, -0.05) is 32.0 Å². The minimum absolute atomic E-state index is 0.377. The van der Waals surface area contributed by atoms with Crippen molar-refractivity contribution in [3.63, 3.8) is 0 Å². The number of nitrogens with two attached hydrogens (primary N) is 1. The summed E-state index contributed by atoms with van der Waals surface area (Å²) in [6, 6.07) is 6.29. The second kappa shape index (κ2) is 4.45. The van der Waals surface area contributed by atoms with Crippen LogP contribution in [0.2, 0.25) is 0 Å². The molecular weight excluding hydrogens is 221 g/mol. The molecular formula is C13H18FNO2. The highest BCUT2D eigenvalue weighted by molar-refractivity contribution is 5.82. The van der Waals surface area contributed by atoms with Crippen molar-refractivity contribution in [3.8, 4) is 0 Å². The Hall–Kier alpha value is -1.42. The maximum atomic E-state index is 13.8. The van der Waals surface area contributed by atoms with E-state index in [2.05, 4.69) is 4.74 Å². The standard InChI is InChI=1S/C13H18FNO2/c1-12(2,13(3,15)11(16)17-4)9-7-5-6-8-10(9)14/h5-8H,15H2,1-4H3. The number of carbonyl (C=O) groups excluding carboxylic acids is 1. The van der Waals surface area contributed by atoms with Crippen molar-refractivity contribution in [1.82, 2.24) is 0 Å². The van der Waals surface area contributed by atoms with Gasteiger partial charge in [0.15, 0.2) is 0 Å². The van der Waals surface area contributed by atoms with Crippen molar-refractivity contribution in [3.05, 3.63) is 35.6 Å². The molecule has 1 rings (SSSR count). The number of hydrogen-bond donors (Lipinski definition) is 1. The van der Waals surface area contributed by atoms with E-state index in [0.29, 0.717) is 5.56 Å². The molecule has 0 aliphatic heterocycles. The van der Waals surface area contributed by atoms with Crippen molar-refractivity contribution in [2.75, 3.05) is 7.11 Å². The van der Waals surface area contributed by atoms with Gasteiger partial charge in [-0.2, -0.15) is 0 Å². The smallest absolute Gasteiger partial charge is 0.326 e. The molecule has 0 saturated carbocycles. The second-order valence-corrected chi connectivity index (χ2v) is 4.80. The first kappa shape index (κ1) is 13.6. The highest BCUT2D eigenvalue weighted by atomic mass is 19.1. The van der Waals surface area contributed by atoms with E-state index in [1.807, 2.05) is 0 Å². The summed E-state index contributed by atoms with van der Waals surface area (Å²) in [4.78, 5) is 11.7. The van der Waals surface area contributed by atoms with Crippen LogP contribution in [0, 0.1) is 5.82 Å². The third-order valence-electron chi connectivity index (χ3n) is 3.45. The lowest BCUT2D eigenvalue weighted by atomic mass is 9.69. The Morgan fingerprint density at radius 3 is 2.29 bits per heavy atom. The van der Waals surface area contributed by atoms with Gasteiger partial charge in [0.25, 0.3) is 0 Å². The molecule has 1 aromatic rings. The molecule has 0 aliphatic carbocycles. The van der Waals surface area contributed by atoms with Crippen LogP contribution in [0.3, 0.4) is 0 Å². The van der Waals surface area contributed by atoms with Gasteiger partial charge >= 0.3 is 5.97 Å². The first-order valence-corrected chi connectivity index (χ1v) is 5.37. The van der Waals surface area contributed by atoms with E-state index in [1.165, 1.54) is 13.2 Å². The Morgan fingerprint density at radius 1 is 1.29 bits per heavy atom. The monoisotopic (exact) mass is 239 g/mol. The van der Waals surface area contributed by atoms with E-state index < -0.39 is 16.9 Å². The van der Waals surface area contributed by atoms with E-state index in [4.69, 9.17) is 5.73 Å². The normalized spacial score (nSPS) is 15.2. The lowest BCUT2D eigenvalue weighted by Crippen LogP contribution is -2.59. The van der Waals surface area contributed by atoms with Crippen molar-refractivity contribution >= 4 is 5.97 Å². The maximum Gasteiger partial charge on any atom is 0.326 e. The van der Waals surface area contributed by atoms with Crippen LogP contribution in [0.1, 0.15) is 26.3 Å². The molecule has 17 heavy (non-hydrogen) atoms. The van der Waals surface area contributed by atoms with Crippen molar-refractivity contribution in [1.29, 1.82) is 0 Å². The molecule has 0 bridgehead atoms. The van der Waals surface area contributed by atoms with E-state index in [9.17, 15) is 9.18 Å². The molecule has 0 amide bonds. The Kier molecular flexibility index (Phi) is 3.57. The van der Waals surface area contributed by atoms with Crippen LogP contribution >= 0.6 is 0 Å². The molecule has 1 unspecified atom stereocenters. The fourth-order valence-electron chi connectivity index (χ4n) is 1.72. The molecule has 1 aromatic carbocycles. The number of esters is 1. The topological polar surface area (TPSA) is 52.3 Å². The zero-order valence-electron chi connectivity index (χ0n) is 10.6. The summed E-state index contributed by atoms with van der Waals surface area (Å²) in [7, 11) is 1.27. The van der Waals surface area contributed by atoms with Crippen LogP contribution in [0.5, 0.6) is 0 Å². The van der Waals surface area contributed by atoms with E-state index in [-0.39, 0.29) is 5.82 Å². The van der Waals surface area contributed by atoms with Crippen LogP contribution in [-0.2, 0) is 14.9 Å². The van der Waals surface area contributed by atoms with Gasteiger partial charge in [-0.05, 0) is 18.6 Å². The highest BCUT2D eigenvalue weighted by Gasteiger charge is 2.47. The van der Waals surface area contributed by atoms with Crippen LogP contribution < -0.4 is 5.73 Å². The first-order chi connectivity index (χ1) is 7.75. The summed E-state index contributed by atoms with van der Waals surface area (Å²) in [5.41, 5.74) is 4.24. The van der Waals surface area contributed by atoms with E-state index >= 15 is 0 Å². The molecule has 3 nitrogen and oxygen atoms in total. The minimum atomic E-state index is -1.30. The molecule has 4 heteroatoms. The van der Waals surface area contributed by atoms with Gasteiger partial charge in [0.05, 0.1) is 7.11 Å². The number of methoxy groups -OCH3 is 1. The predicted molar refractivity (Wildman–Crippen MR) is 64.0 cm³/mol. The van der Waals surface area contributed by atoms with Crippen LogP contribution in [-0.4, -0.2) is 18.6 Å². The molecule has 0 aromatic heterocycles. The molecule has 0 heterocycles. The summed E-state index contributed by atoms with van der Waals surface area (Å²) < 4.78 is 18.5. The summed E-state index contributed by atoms with van der Waals surface area (Å²) in [5.74, 6) is -0.941. The molecule has 0 aliphatic rings. The van der Waals surface area contributed by atoms with Gasteiger partial charge in [-0.25, -0.2) is 4.39 Å². The largest absolute Gasteiger partial charge is 0.468 e. The zero-order valence-corrected chi connectivity index (χ0v) is 10.6. The van der Waals surface area contributed by atoms with Crippen LogP contribution in [0.4, 0.5) is 4.39 Å². The average molecular weight is 239 g/mol. The van der Waals surface area contributed by atoms with Gasteiger partial charge in [0.1, 0.15) is 11.4 Å². The third-order valence-corrected chi connectivity index (χ3v) is 3.45. The molecule has 2 N–H and O–H groups in total.